The van der Waals surface area contributed by atoms with Gasteiger partial charge in [-0.25, -0.2) is 26.3 Å². The van der Waals surface area contributed by atoms with E-state index in [0.717, 1.165) is 24.8 Å². The molecule has 41 heavy (non-hydrogen) atoms. The Kier molecular flexibility index (Phi) is 10.3. The van der Waals surface area contributed by atoms with Gasteiger partial charge < -0.3 is 9.80 Å². The van der Waals surface area contributed by atoms with Gasteiger partial charge in [-0.05, 0) is 75.5 Å². The second-order valence-corrected chi connectivity index (χ2v) is 14.7. The molecule has 0 spiro atoms. The molecule has 2 aliphatic rings. The number of carbonyl (C=O) groups excluding carboxylic acids is 2. The number of anilines is 2. The molecule has 2 atom stereocenters. The summed E-state index contributed by atoms with van der Waals surface area (Å²) in [6, 6.07) is 12.1. The highest BCUT2D eigenvalue weighted by molar-refractivity contribution is 7.89. The van der Waals surface area contributed by atoms with E-state index < -0.39 is 42.2 Å². The van der Waals surface area contributed by atoms with Crippen molar-refractivity contribution < 1.29 is 39.0 Å². The Bertz CT molecular complexity index is 1580. The minimum Gasteiger partial charge on any atom is -0.312 e. The lowest BCUT2D eigenvalue weighted by Crippen LogP contribution is -2.31. The SMILES string of the molecule is CCC1CCN(c2ccc(S(=O)(=O)NC)cc2)C1=O.CNS(=O)(=O)c1ccc(N2CCC(OS(C)(=O)=O)C2=O)cc1. The van der Waals surface area contributed by atoms with Gasteiger partial charge in [0.05, 0.1) is 16.0 Å². The van der Waals surface area contributed by atoms with Crippen molar-refractivity contribution >= 4 is 53.4 Å². The van der Waals surface area contributed by atoms with Gasteiger partial charge in [-0.2, -0.15) is 8.42 Å². The Morgan fingerprint density at radius 2 is 1.15 bits per heavy atom. The van der Waals surface area contributed by atoms with Crippen LogP contribution in [0.5, 0.6) is 0 Å². The van der Waals surface area contributed by atoms with Crippen LogP contribution >= 0.6 is 0 Å². The van der Waals surface area contributed by atoms with E-state index in [2.05, 4.69) is 9.44 Å². The van der Waals surface area contributed by atoms with Crippen LogP contribution in [0.1, 0.15) is 26.2 Å². The van der Waals surface area contributed by atoms with Crippen LogP contribution in [0.15, 0.2) is 58.3 Å². The van der Waals surface area contributed by atoms with E-state index in [1.54, 1.807) is 17.0 Å². The van der Waals surface area contributed by atoms with Crippen molar-refractivity contribution in [3.05, 3.63) is 48.5 Å². The maximum atomic E-state index is 12.1. The number of hydrogen-bond acceptors (Lipinski definition) is 9. The van der Waals surface area contributed by atoms with Crippen LogP contribution in [0.4, 0.5) is 11.4 Å². The molecule has 2 aliphatic heterocycles. The Morgan fingerprint density at radius 1 is 0.732 bits per heavy atom. The number of benzene rings is 2. The molecule has 2 amide bonds. The average Bonchev–Trinajstić information content (AvgIpc) is 3.49. The zero-order valence-corrected chi connectivity index (χ0v) is 25.6. The summed E-state index contributed by atoms with van der Waals surface area (Å²) < 4.78 is 77.9. The summed E-state index contributed by atoms with van der Waals surface area (Å²) in [7, 11) is -8.00. The quantitative estimate of drug-likeness (QED) is 0.383. The third-order valence-electron chi connectivity index (χ3n) is 6.71. The van der Waals surface area contributed by atoms with Crippen LogP contribution in [0, 0.1) is 5.92 Å². The molecule has 2 unspecified atom stereocenters. The van der Waals surface area contributed by atoms with Crippen LogP contribution in [0.3, 0.4) is 0 Å². The van der Waals surface area contributed by atoms with Gasteiger partial charge in [-0.15, -0.1) is 0 Å². The lowest BCUT2D eigenvalue weighted by Gasteiger charge is -2.17. The number of rotatable bonds is 9. The molecule has 2 aromatic carbocycles. The van der Waals surface area contributed by atoms with Gasteiger partial charge in [0.15, 0.2) is 6.10 Å². The Labute approximate surface area is 241 Å². The first-order chi connectivity index (χ1) is 19.1. The van der Waals surface area contributed by atoms with Gasteiger partial charge in [-0.3, -0.25) is 13.8 Å². The van der Waals surface area contributed by atoms with Gasteiger partial charge in [0.2, 0.25) is 26.0 Å². The highest BCUT2D eigenvalue weighted by Gasteiger charge is 2.36. The van der Waals surface area contributed by atoms with Gasteiger partial charge in [0.1, 0.15) is 0 Å². The van der Waals surface area contributed by atoms with Gasteiger partial charge >= 0.3 is 0 Å². The molecule has 2 saturated heterocycles. The first-order valence-electron chi connectivity index (χ1n) is 12.7. The van der Waals surface area contributed by atoms with E-state index >= 15 is 0 Å². The van der Waals surface area contributed by atoms with E-state index in [1.807, 2.05) is 6.92 Å². The lowest BCUT2D eigenvalue weighted by molar-refractivity contribution is -0.122. The molecule has 0 radical (unpaired) electrons. The maximum absolute atomic E-state index is 12.1. The normalized spacial score (nSPS) is 19.8. The molecule has 0 aromatic heterocycles. The van der Waals surface area contributed by atoms with Crippen molar-refractivity contribution in [1.29, 1.82) is 0 Å². The maximum Gasteiger partial charge on any atom is 0.265 e. The summed E-state index contributed by atoms with van der Waals surface area (Å²) in [5.41, 5.74) is 1.25. The Balaban J connectivity index is 0.000000228. The van der Waals surface area contributed by atoms with Crippen LogP contribution in [-0.4, -0.2) is 76.6 Å². The second-order valence-electron chi connectivity index (χ2n) is 9.35. The molecule has 2 aromatic rings. The number of hydrogen-bond donors (Lipinski definition) is 2. The third-order valence-corrected chi connectivity index (χ3v) is 10.2. The Hall–Kier alpha value is -2.89. The van der Waals surface area contributed by atoms with Gasteiger partial charge in [0.25, 0.3) is 16.0 Å². The van der Waals surface area contributed by atoms with Crippen molar-refractivity contribution in [3.63, 3.8) is 0 Å². The standard InChI is InChI=1S/C13H18N2O3S.C12H16N2O6S2/c1-3-10-8-9-15(13(10)16)11-4-6-12(7-5-11)19(17,18)14-2;1-13-22(18,19)10-5-3-9(4-6-10)14-8-7-11(12(14)15)20-21(2,16)17/h4-7,10,14H,3,8-9H2,1-2H3;3-6,11,13H,7-8H2,1-2H3. The first kappa shape index (κ1) is 32.6. The fourth-order valence-electron chi connectivity index (χ4n) is 4.43. The number of sulfonamides is 2. The molecule has 4 rings (SSSR count). The third kappa shape index (κ3) is 7.90. The van der Waals surface area contributed by atoms with Crippen molar-refractivity contribution in [2.24, 2.45) is 5.92 Å². The summed E-state index contributed by atoms with van der Waals surface area (Å²) in [6.07, 6.45) is 1.83. The van der Waals surface area contributed by atoms with E-state index in [-0.39, 0.29) is 28.0 Å². The fourth-order valence-corrected chi connectivity index (χ4v) is 6.49. The summed E-state index contributed by atoms with van der Waals surface area (Å²) in [5.74, 6) is -0.234. The zero-order chi connectivity index (χ0) is 30.6. The molecular formula is C25H34N4O9S3. The molecule has 16 heteroatoms. The number of nitrogens with zero attached hydrogens (tertiary/aromatic N) is 2. The molecular weight excluding hydrogens is 596 g/mol. The predicted molar refractivity (Wildman–Crippen MR) is 153 cm³/mol. The molecule has 0 aliphatic carbocycles. The van der Waals surface area contributed by atoms with Gasteiger partial charge in [-0.1, -0.05) is 6.92 Å². The minimum absolute atomic E-state index is 0.0781. The highest BCUT2D eigenvalue weighted by Crippen LogP contribution is 2.28. The molecule has 226 valence electrons. The van der Waals surface area contributed by atoms with Crippen LogP contribution < -0.4 is 19.2 Å². The predicted octanol–water partition coefficient (Wildman–Crippen LogP) is 1.03. The number of carbonyl (C=O) groups is 2. The highest BCUT2D eigenvalue weighted by atomic mass is 32.2. The summed E-state index contributed by atoms with van der Waals surface area (Å²) >= 11 is 0. The zero-order valence-electron chi connectivity index (χ0n) is 23.1. The number of nitrogens with one attached hydrogen (secondary N) is 2. The van der Waals surface area contributed by atoms with E-state index in [4.69, 9.17) is 4.18 Å². The molecule has 2 fully saturated rings. The topological polar surface area (TPSA) is 176 Å². The van der Waals surface area contributed by atoms with Crippen LogP contribution in [0.25, 0.3) is 0 Å². The minimum atomic E-state index is -3.71. The first-order valence-corrected chi connectivity index (χ1v) is 17.5. The lowest BCUT2D eigenvalue weighted by atomic mass is 10.1. The monoisotopic (exact) mass is 630 g/mol. The molecule has 0 saturated carbocycles. The van der Waals surface area contributed by atoms with E-state index in [0.29, 0.717) is 18.8 Å². The summed E-state index contributed by atoms with van der Waals surface area (Å²) in [4.78, 5) is 27.6. The van der Waals surface area contributed by atoms with Crippen molar-refractivity contribution in [1.82, 2.24) is 9.44 Å². The average molecular weight is 631 g/mol. The van der Waals surface area contributed by atoms with Crippen molar-refractivity contribution in [2.45, 2.75) is 42.1 Å². The van der Waals surface area contributed by atoms with E-state index in [1.165, 1.54) is 55.4 Å². The number of amides is 2. The molecule has 2 N–H and O–H groups in total. The summed E-state index contributed by atoms with van der Waals surface area (Å²) in [5, 5.41) is 0. The van der Waals surface area contributed by atoms with Gasteiger partial charge in [0, 0.05) is 36.8 Å². The Morgan fingerprint density at radius 3 is 1.51 bits per heavy atom. The molecule has 0 bridgehead atoms. The molecule has 13 nitrogen and oxygen atoms in total. The smallest absolute Gasteiger partial charge is 0.265 e. The fraction of sp³-hybridized carbons (Fsp3) is 0.440. The van der Waals surface area contributed by atoms with Crippen LogP contribution in [-0.2, 0) is 43.9 Å². The second kappa shape index (κ2) is 13.0. The largest absolute Gasteiger partial charge is 0.312 e. The van der Waals surface area contributed by atoms with E-state index in [9.17, 15) is 34.8 Å². The van der Waals surface area contributed by atoms with Crippen molar-refractivity contribution in [3.8, 4) is 0 Å². The van der Waals surface area contributed by atoms with Crippen LogP contribution in [0.2, 0.25) is 0 Å². The molecule has 2 heterocycles. The van der Waals surface area contributed by atoms with Crippen molar-refractivity contribution in [2.75, 3.05) is 43.2 Å². The summed E-state index contributed by atoms with van der Waals surface area (Å²) in [6.45, 7) is 3.02.